The monoisotopic (exact) mass is 559 g/mol. The second kappa shape index (κ2) is 14.7. The second-order valence-corrected chi connectivity index (χ2v) is 8.61. The molecule has 182 valence electrons. The number of methoxy groups -OCH3 is 2. The van der Waals surface area contributed by atoms with Crippen LogP contribution in [0.5, 0.6) is 11.5 Å². The molecule has 0 bridgehead atoms. The van der Waals surface area contributed by atoms with Crippen molar-refractivity contribution < 1.29 is 9.47 Å². The molecule has 0 aliphatic carbocycles. The SMILES string of the molecule is CN=C(NCCCCCN1CCCCC1)NC1CCN(c2cc(OC)cc(OC)c2)C1.I. The average molecular weight is 560 g/mol. The maximum absolute atomic E-state index is 5.42. The number of rotatable bonds is 10. The van der Waals surface area contributed by atoms with Gasteiger partial charge >= 0.3 is 0 Å². The van der Waals surface area contributed by atoms with E-state index in [0.717, 1.165) is 49.2 Å². The van der Waals surface area contributed by atoms with E-state index in [0.29, 0.717) is 6.04 Å². The highest BCUT2D eigenvalue weighted by atomic mass is 127. The molecule has 0 amide bonds. The van der Waals surface area contributed by atoms with Crippen LogP contribution in [0.3, 0.4) is 0 Å². The molecule has 1 atom stereocenters. The standard InChI is InChI=1S/C24H41N5O2.HI/c1-25-24(26-11-6-4-7-12-28-13-8-5-9-14-28)27-20-10-15-29(19-20)21-16-22(30-2)18-23(17-21)31-3;/h16-18,20H,4-15,19H2,1-3H3,(H2,25,26,27);1H. The molecule has 3 rings (SSSR count). The normalized spacial score (nSPS) is 19.4. The number of likely N-dealkylation sites (tertiary alicyclic amines) is 1. The first kappa shape index (κ1) is 26.8. The third-order valence-electron chi connectivity index (χ3n) is 6.35. The molecule has 2 saturated heterocycles. The number of nitrogens with zero attached hydrogens (tertiary/aromatic N) is 3. The van der Waals surface area contributed by atoms with E-state index < -0.39 is 0 Å². The maximum Gasteiger partial charge on any atom is 0.191 e. The van der Waals surface area contributed by atoms with Crippen molar-refractivity contribution in [3.63, 3.8) is 0 Å². The average Bonchev–Trinajstić information content (AvgIpc) is 3.29. The Morgan fingerprint density at radius 1 is 1.00 bits per heavy atom. The van der Waals surface area contributed by atoms with E-state index >= 15 is 0 Å². The van der Waals surface area contributed by atoms with Crippen molar-refractivity contribution in [3.05, 3.63) is 18.2 Å². The molecule has 2 fully saturated rings. The fourth-order valence-corrected chi connectivity index (χ4v) is 4.50. The molecule has 8 heteroatoms. The fourth-order valence-electron chi connectivity index (χ4n) is 4.50. The van der Waals surface area contributed by atoms with Gasteiger partial charge in [0.15, 0.2) is 5.96 Å². The van der Waals surface area contributed by atoms with Gasteiger partial charge in [0.05, 0.1) is 14.2 Å². The van der Waals surface area contributed by atoms with Crippen LogP contribution in [0.15, 0.2) is 23.2 Å². The predicted octanol–water partition coefficient (Wildman–Crippen LogP) is 3.72. The molecule has 1 unspecified atom stereocenters. The zero-order chi connectivity index (χ0) is 21.9. The topological polar surface area (TPSA) is 61.4 Å². The van der Waals surface area contributed by atoms with Crippen LogP contribution in [0.2, 0.25) is 0 Å². The lowest BCUT2D eigenvalue weighted by Gasteiger charge is -2.26. The summed E-state index contributed by atoms with van der Waals surface area (Å²) in [6, 6.07) is 6.43. The summed E-state index contributed by atoms with van der Waals surface area (Å²) in [6.45, 7) is 6.78. The quantitative estimate of drug-likeness (QED) is 0.197. The van der Waals surface area contributed by atoms with E-state index in [-0.39, 0.29) is 24.0 Å². The number of piperidine rings is 1. The Labute approximate surface area is 211 Å². The lowest BCUT2D eigenvalue weighted by molar-refractivity contribution is 0.224. The van der Waals surface area contributed by atoms with Gasteiger partial charge in [0.2, 0.25) is 0 Å². The maximum atomic E-state index is 5.42. The number of guanidine groups is 1. The van der Waals surface area contributed by atoms with Crippen LogP contribution in [0.1, 0.15) is 44.9 Å². The third-order valence-corrected chi connectivity index (χ3v) is 6.35. The molecule has 2 heterocycles. The zero-order valence-electron chi connectivity index (χ0n) is 20.1. The molecule has 0 radical (unpaired) electrons. The van der Waals surface area contributed by atoms with E-state index in [1.54, 1.807) is 14.2 Å². The summed E-state index contributed by atoms with van der Waals surface area (Å²) in [6.07, 6.45) is 9.02. The number of halogens is 1. The molecule has 0 spiro atoms. The minimum atomic E-state index is 0. The Morgan fingerprint density at radius 2 is 1.72 bits per heavy atom. The highest BCUT2D eigenvalue weighted by Crippen LogP contribution is 2.30. The summed E-state index contributed by atoms with van der Waals surface area (Å²) < 4.78 is 10.8. The molecule has 2 N–H and O–H groups in total. The molecule has 1 aromatic carbocycles. The van der Waals surface area contributed by atoms with Gasteiger partial charge in [-0.2, -0.15) is 0 Å². The van der Waals surface area contributed by atoms with Gasteiger partial charge in [-0.15, -0.1) is 24.0 Å². The summed E-state index contributed by atoms with van der Waals surface area (Å²) in [5, 5.41) is 7.08. The molecule has 2 aliphatic heterocycles. The van der Waals surface area contributed by atoms with Gasteiger partial charge < -0.3 is 29.9 Å². The van der Waals surface area contributed by atoms with Gasteiger partial charge in [-0.05, 0) is 51.7 Å². The van der Waals surface area contributed by atoms with Crippen LogP contribution < -0.4 is 25.0 Å². The number of unbranched alkanes of at least 4 members (excludes halogenated alkanes) is 2. The van der Waals surface area contributed by atoms with Crippen molar-refractivity contribution in [3.8, 4) is 11.5 Å². The van der Waals surface area contributed by atoms with Gasteiger partial charge in [-0.3, -0.25) is 4.99 Å². The van der Waals surface area contributed by atoms with E-state index in [4.69, 9.17) is 9.47 Å². The minimum absolute atomic E-state index is 0. The summed E-state index contributed by atoms with van der Waals surface area (Å²) in [5.41, 5.74) is 1.14. The Kier molecular flexibility index (Phi) is 12.3. The van der Waals surface area contributed by atoms with Crippen molar-refractivity contribution in [2.24, 2.45) is 4.99 Å². The fraction of sp³-hybridized carbons (Fsp3) is 0.708. The molecule has 7 nitrogen and oxygen atoms in total. The van der Waals surface area contributed by atoms with E-state index in [2.05, 4.69) is 37.6 Å². The minimum Gasteiger partial charge on any atom is -0.497 e. The Morgan fingerprint density at radius 3 is 2.38 bits per heavy atom. The van der Waals surface area contributed by atoms with Crippen LogP contribution >= 0.6 is 24.0 Å². The van der Waals surface area contributed by atoms with Crippen molar-refractivity contribution in [2.45, 2.75) is 51.0 Å². The molecule has 32 heavy (non-hydrogen) atoms. The Balaban J connectivity index is 0.00000363. The highest BCUT2D eigenvalue weighted by Gasteiger charge is 2.24. The van der Waals surface area contributed by atoms with Crippen LogP contribution in [0.4, 0.5) is 5.69 Å². The first-order valence-corrected chi connectivity index (χ1v) is 11.9. The largest absolute Gasteiger partial charge is 0.497 e. The van der Waals surface area contributed by atoms with Gasteiger partial charge in [0, 0.05) is 56.6 Å². The molecule has 2 aliphatic rings. The van der Waals surface area contributed by atoms with Crippen molar-refractivity contribution in [2.75, 3.05) is 65.4 Å². The van der Waals surface area contributed by atoms with Gasteiger partial charge in [0.25, 0.3) is 0 Å². The van der Waals surface area contributed by atoms with Crippen LogP contribution in [0.25, 0.3) is 0 Å². The van der Waals surface area contributed by atoms with Gasteiger partial charge in [-0.25, -0.2) is 0 Å². The van der Waals surface area contributed by atoms with Crippen molar-refractivity contribution in [1.29, 1.82) is 0 Å². The predicted molar refractivity (Wildman–Crippen MR) is 144 cm³/mol. The number of aliphatic imine (C=N–C) groups is 1. The molecule has 1 aromatic rings. The summed E-state index contributed by atoms with van der Waals surface area (Å²) in [4.78, 5) is 9.42. The van der Waals surface area contributed by atoms with Crippen LogP contribution in [-0.4, -0.2) is 77.4 Å². The lowest BCUT2D eigenvalue weighted by atomic mass is 10.1. The van der Waals surface area contributed by atoms with Gasteiger partial charge in [0.1, 0.15) is 11.5 Å². The van der Waals surface area contributed by atoms with E-state index in [9.17, 15) is 0 Å². The number of ether oxygens (including phenoxy) is 2. The first-order chi connectivity index (χ1) is 15.2. The van der Waals surface area contributed by atoms with Crippen LogP contribution in [0, 0.1) is 0 Å². The third kappa shape index (κ3) is 8.50. The Bertz CT molecular complexity index is 675. The van der Waals surface area contributed by atoms with Crippen molar-refractivity contribution in [1.82, 2.24) is 15.5 Å². The molecular formula is C24H42IN5O2. The van der Waals surface area contributed by atoms with E-state index in [1.807, 2.05) is 13.1 Å². The first-order valence-electron chi connectivity index (χ1n) is 11.9. The number of benzene rings is 1. The van der Waals surface area contributed by atoms with E-state index in [1.165, 1.54) is 58.2 Å². The number of anilines is 1. The molecule has 0 saturated carbocycles. The molecule has 0 aromatic heterocycles. The summed E-state index contributed by atoms with van der Waals surface area (Å²) >= 11 is 0. The number of nitrogens with one attached hydrogen (secondary N) is 2. The number of hydrogen-bond acceptors (Lipinski definition) is 5. The summed E-state index contributed by atoms with van der Waals surface area (Å²) in [7, 11) is 5.23. The smallest absolute Gasteiger partial charge is 0.191 e. The Hall–Kier alpha value is -1.42. The second-order valence-electron chi connectivity index (χ2n) is 8.61. The highest BCUT2D eigenvalue weighted by molar-refractivity contribution is 14.0. The van der Waals surface area contributed by atoms with Crippen molar-refractivity contribution >= 4 is 35.6 Å². The molecular weight excluding hydrogens is 517 g/mol. The lowest BCUT2D eigenvalue weighted by Crippen LogP contribution is -2.44. The number of hydrogen-bond donors (Lipinski definition) is 2. The van der Waals surface area contributed by atoms with Crippen LogP contribution in [-0.2, 0) is 0 Å². The van der Waals surface area contributed by atoms with Gasteiger partial charge in [-0.1, -0.05) is 12.8 Å². The summed E-state index contributed by atoms with van der Waals surface area (Å²) in [5.74, 6) is 2.55. The zero-order valence-corrected chi connectivity index (χ0v) is 22.4.